The largest absolute Gasteiger partial charge is 0.461 e. The van der Waals surface area contributed by atoms with E-state index in [1.54, 1.807) is 11.3 Å². The van der Waals surface area contributed by atoms with Crippen molar-refractivity contribution < 1.29 is 9.53 Å². The van der Waals surface area contributed by atoms with Gasteiger partial charge in [0.25, 0.3) is 0 Å². The molecule has 0 unspecified atom stereocenters. The summed E-state index contributed by atoms with van der Waals surface area (Å²) in [5.41, 5.74) is 1.65. The molecule has 6 heteroatoms. The summed E-state index contributed by atoms with van der Waals surface area (Å²) in [6.45, 7) is 2.92. The first-order chi connectivity index (χ1) is 11.3. The first kappa shape index (κ1) is 15.4. The fraction of sp³-hybridized carbons (Fsp3) is 0.235. The maximum Gasteiger partial charge on any atom is 0.360 e. The first-order valence-electron chi connectivity index (χ1n) is 7.48. The van der Waals surface area contributed by atoms with Crippen LogP contribution in [0.4, 0.5) is 5.82 Å². The molecule has 0 radical (unpaired) electrons. The van der Waals surface area contributed by atoms with Crippen LogP contribution in [0.3, 0.4) is 0 Å². The normalized spacial score (nSPS) is 10.7. The zero-order valence-corrected chi connectivity index (χ0v) is 13.6. The van der Waals surface area contributed by atoms with E-state index in [2.05, 4.69) is 15.3 Å². The van der Waals surface area contributed by atoms with E-state index < -0.39 is 5.97 Å². The quantitative estimate of drug-likeness (QED) is 0.696. The Labute approximate surface area is 138 Å². The van der Waals surface area contributed by atoms with Crippen molar-refractivity contribution in [3.8, 4) is 0 Å². The van der Waals surface area contributed by atoms with Gasteiger partial charge in [0.15, 0.2) is 11.5 Å². The minimum atomic E-state index is -0.446. The molecule has 0 spiro atoms. The van der Waals surface area contributed by atoms with E-state index in [9.17, 15) is 4.79 Å². The number of para-hydroxylation sites is 2. The molecule has 0 saturated carbocycles. The molecule has 0 atom stereocenters. The van der Waals surface area contributed by atoms with Gasteiger partial charge in [-0.2, -0.15) is 0 Å². The lowest BCUT2D eigenvalue weighted by Crippen LogP contribution is -2.14. The van der Waals surface area contributed by atoms with Gasteiger partial charge in [0.05, 0.1) is 24.2 Å². The number of rotatable bonds is 6. The second-order valence-electron chi connectivity index (χ2n) is 4.98. The van der Waals surface area contributed by atoms with Crippen LogP contribution in [0.1, 0.15) is 28.7 Å². The van der Waals surface area contributed by atoms with Gasteiger partial charge in [-0.15, -0.1) is 11.3 Å². The highest BCUT2D eigenvalue weighted by Crippen LogP contribution is 2.19. The Balaban J connectivity index is 1.93. The number of thiophene rings is 1. The van der Waals surface area contributed by atoms with Crippen LogP contribution < -0.4 is 5.32 Å². The Morgan fingerprint density at radius 1 is 1.17 bits per heavy atom. The van der Waals surface area contributed by atoms with Gasteiger partial charge in [-0.05, 0) is 30.0 Å². The summed E-state index contributed by atoms with van der Waals surface area (Å²) in [4.78, 5) is 22.4. The van der Waals surface area contributed by atoms with Gasteiger partial charge in [0.1, 0.15) is 0 Å². The highest BCUT2D eigenvalue weighted by atomic mass is 32.1. The van der Waals surface area contributed by atoms with Crippen molar-refractivity contribution in [3.63, 3.8) is 0 Å². The minimum absolute atomic E-state index is 0.230. The van der Waals surface area contributed by atoms with Crippen LogP contribution in [-0.2, 0) is 11.3 Å². The molecular formula is C17H17N3O2S. The number of carbonyl (C=O) groups excluding carboxylic acids is 1. The van der Waals surface area contributed by atoms with Gasteiger partial charge in [-0.3, -0.25) is 0 Å². The molecule has 3 aromatic rings. The number of fused-ring (bicyclic) bond motifs is 1. The molecule has 0 amide bonds. The van der Waals surface area contributed by atoms with Crippen molar-refractivity contribution in [2.24, 2.45) is 0 Å². The van der Waals surface area contributed by atoms with E-state index in [-0.39, 0.29) is 5.69 Å². The van der Waals surface area contributed by atoms with E-state index in [4.69, 9.17) is 4.74 Å². The number of hydrogen-bond acceptors (Lipinski definition) is 6. The van der Waals surface area contributed by atoms with Crippen LogP contribution in [0.2, 0.25) is 0 Å². The molecule has 2 heterocycles. The number of carbonyl (C=O) groups is 1. The second kappa shape index (κ2) is 7.19. The molecule has 0 aliphatic rings. The van der Waals surface area contributed by atoms with E-state index in [1.165, 1.54) is 0 Å². The van der Waals surface area contributed by atoms with E-state index >= 15 is 0 Å². The number of benzene rings is 1. The number of nitrogens with zero attached hydrogens (tertiary/aromatic N) is 2. The van der Waals surface area contributed by atoms with Crippen LogP contribution >= 0.6 is 11.3 Å². The first-order valence-corrected chi connectivity index (χ1v) is 8.36. The van der Waals surface area contributed by atoms with E-state index in [0.29, 0.717) is 24.5 Å². The molecule has 5 nitrogen and oxygen atoms in total. The maximum atomic E-state index is 12.3. The standard InChI is InChI=1S/C17H17N3O2S/c1-2-9-22-17(21)15-16(18-11-12-6-5-10-23-12)20-14-8-4-3-7-13(14)19-15/h3-8,10H,2,9,11H2,1H3,(H,18,20). The molecule has 0 aliphatic heterocycles. The lowest BCUT2D eigenvalue weighted by molar-refractivity contribution is 0.0499. The highest BCUT2D eigenvalue weighted by molar-refractivity contribution is 7.09. The molecule has 23 heavy (non-hydrogen) atoms. The number of nitrogens with one attached hydrogen (secondary N) is 1. The molecule has 0 aliphatic carbocycles. The van der Waals surface area contributed by atoms with E-state index in [0.717, 1.165) is 16.8 Å². The third kappa shape index (κ3) is 3.65. The molecule has 1 aromatic carbocycles. The van der Waals surface area contributed by atoms with Crippen molar-refractivity contribution in [3.05, 3.63) is 52.3 Å². The molecule has 0 bridgehead atoms. The Hall–Kier alpha value is -2.47. The van der Waals surface area contributed by atoms with E-state index in [1.807, 2.05) is 48.7 Å². The zero-order chi connectivity index (χ0) is 16.1. The molecule has 118 valence electrons. The van der Waals surface area contributed by atoms with Crippen molar-refractivity contribution in [1.29, 1.82) is 0 Å². The van der Waals surface area contributed by atoms with Gasteiger partial charge in [-0.1, -0.05) is 25.1 Å². The highest BCUT2D eigenvalue weighted by Gasteiger charge is 2.17. The third-order valence-corrected chi connectivity index (χ3v) is 4.09. The molecule has 2 aromatic heterocycles. The van der Waals surface area contributed by atoms with Crippen molar-refractivity contribution in [2.45, 2.75) is 19.9 Å². The van der Waals surface area contributed by atoms with Gasteiger partial charge >= 0.3 is 5.97 Å². The van der Waals surface area contributed by atoms with Gasteiger partial charge in [0, 0.05) is 4.88 Å². The summed E-state index contributed by atoms with van der Waals surface area (Å²) in [6.07, 6.45) is 0.769. The predicted octanol–water partition coefficient (Wildman–Crippen LogP) is 3.87. The second-order valence-corrected chi connectivity index (χ2v) is 6.01. The van der Waals surface area contributed by atoms with Crippen molar-refractivity contribution >= 4 is 34.2 Å². The summed E-state index contributed by atoms with van der Waals surface area (Å²) in [7, 11) is 0. The average Bonchev–Trinajstić information content (AvgIpc) is 3.10. The van der Waals surface area contributed by atoms with Crippen molar-refractivity contribution in [2.75, 3.05) is 11.9 Å². The fourth-order valence-electron chi connectivity index (χ4n) is 2.11. The number of hydrogen-bond donors (Lipinski definition) is 1. The lowest BCUT2D eigenvalue weighted by atomic mass is 10.2. The topological polar surface area (TPSA) is 64.1 Å². The van der Waals surface area contributed by atoms with Crippen LogP contribution in [0.15, 0.2) is 41.8 Å². The maximum absolute atomic E-state index is 12.3. The lowest BCUT2D eigenvalue weighted by Gasteiger charge is -2.11. The zero-order valence-electron chi connectivity index (χ0n) is 12.8. The van der Waals surface area contributed by atoms with Gasteiger partial charge < -0.3 is 10.1 Å². The monoisotopic (exact) mass is 327 g/mol. The summed E-state index contributed by atoms with van der Waals surface area (Å²) >= 11 is 1.65. The van der Waals surface area contributed by atoms with Crippen LogP contribution in [0.5, 0.6) is 0 Å². The summed E-state index contributed by atoms with van der Waals surface area (Å²) < 4.78 is 5.23. The van der Waals surface area contributed by atoms with Crippen LogP contribution in [-0.4, -0.2) is 22.5 Å². The molecule has 3 rings (SSSR count). The Morgan fingerprint density at radius 2 is 1.96 bits per heavy atom. The number of aromatic nitrogens is 2. The summed E-state index contributed by atoms with van der Waals surface area (Å²) in [5.74, 6) is 0.0111. The molecular weight excluding hydrogens is 310 g/mol. The molecule has 1 N–H and O–H groups in total. The van der Waals surface area contributed by atoms with Gasteiger partial charge in [-0.25, -0.2) is 14.8 Å². The third-order valence-electron chi connectivity index (χ3n) is 3.21. The Kier molecular flexibility index (Phi) is 4.83. The summed E-state index contributed by atoms with van der Waals surface area (Å²) in [5, 5.41) is 5.21. The number of anilines is 1. The van der Waals surface area contributed by atoms with Crippen molar-refractivity contribution in [1.82, 2.24) is 9.97 Å². The Bertz CT molecular complexity index is 803. The predicted molar refractivity (Wildman–Crippen MR) is 91.8 cm³/mol. The SMILES string of the molecule is CCCOC(=O)c1nc2ccccc2nc1NCc1cccs1. The average molecular weight is 327 g/mol. The van der Waals surface area contributed by atoms with Crippen LogP contribution in [0, 0.1) is 0 Å². The fourth-order valence-corrected chi connectivity index (χ4v) is 2.76. The number of esters is 1. The van der Waals surface area contributed by atoms with Gasteiger partial charge in [0.2, 0.25) is 0 Å². The smallest absolute Gasteiger partial charge is 0.360 e. The molecule has 0 fully saturated rings. The number of ether oxygens (including phenoxy) is 1. The minimum Gasteiger partial charge on any atom is -0.461 e. The van der Waals surface area contributed by atoms with Crippen LogP contribution in [0.25, 0.3) is 11.0 Å². The molecule has 0 saturated heterocycles. The Morgan fingerprint density at radius 3 is 2.65 bits per heavy atom. The summed E-state index contributed by atoms with van der Waals surface area (Å²) in [6, 6.07) is 11.5.